The molecule has 0 bridgehead atoms. The number of aliphatic hydroxyl groups is 1. The van der Waals surface area contributed by atoms with E-state index in [2.05, 4.69) is 11.4 Å². The highest BCUT2D eigenvalue weighted by atomic mass is 16.5. The Balaban J connectivity index is 1.79. The van der Waals surface area contributed by atoms with E-state index in [9.17, 15) is 5.11 Å². The second-order valence-corrected chi connectivity index (χ2v) is 5.00. The molecule has 1 aliphatic rings. The largest absolute Gasteiger partial charge is 0.494 e. The van der Waals surface area contributed by atoms with Gasteiger partial charge in [0.05, 0.1) is 12.7 Å². The SMILES string of the molecule is CCOc1ccccc1CNCC1CCC(O)C1. The van der Waals surface area contributed by atoms with Crippen LogP contribution in [0.2, 0.25) is 0 Å². The van der Waals surface area contributed by atoms with Gasteiger partial charge in [0, 0.05) is 12.1 Å². The maximum absolute atomic E-state index is 9.48. The highest BCUT2D eigenvalue weighted by Gasteiger charge is 2.22. The molecule has 0 spiro atoms. The third-order valence-electron chi connectivity index (χ3n) is 3.53. The minimum Gasteiger partial charge on any atom is -0.494 e. The smallest absolute Gasteiger partial charge is 0.123 e. The summed E-state index contributed by atoms with van der Waals surface area (Å²) in [5, 5.41) is 13.0. The van der Waals surface area contributed by atoms with Crippen LogP contribution in [-0.2, 0) is 6.54 Å². The molecule has 0 saturated heterocycles. The van der Waals surface area contributed by atoms with Crippen LogP contribution in [0.4, 0.5) is 0 Å². The molecule has 1 saturated carbocycles. The van der Waals surface area contributed by atoms with Gasteiger partial charge in [0.25, 0.3) is 0 Å². The van der Waals surface area contributed by atoms with Crippen LogP contribution < -0.4 is 10.1 Å². The lowest BCUT2D eigenvalue weighted by atomic mass is 10.1. The van der Waals surface area contributed by atoms with Gasteiger partial charge in [0.1, 0.15) is 5.75 Å². The summed E-state index contributed by atoms with van der Waals surface area (Å²) in [5.74, 6) is 1.60. The summed E-state index contributed by atoms with van der Waals surface area (Å²) < 4.78 is 5.60. The van der Waals surface area contributed by atoms with Crippen molar-refractivity contribution in [2.45, 2.75) is 38.8 Å². The molecule has 1 aromatic rings. The lowest BCUT2D eigenvalue weighted by Crippen LogP contribution is -2.21. The van der Waals surface area contributed by atoms with Gasteiger partial charge in [0.2, 0.25) is 0 Å². The minimum absolute atomic E-state index is 0.0764. The number of ether oxygens (including phenoxy) is 1. The average molecular weight is 249 g/mol. The van der Waals surface area contributed by atoms with Gasteiger partial charge in [-0.1, -0.05) is 18.2 Å². The Morgan fingerprint density at radius 1 is 1.33 bits per heavy atom. The molecule has 1 fully saturated rings. The van der Waals surface area contributed by atoms with Crippen molar-refractivity contribution in [3.8, 4) is 5.75 Å². The second kappa shape index (κ2) is 6.76. The molecule has 2 unspecified atom stereocenters. The first-order valence-electron chi connectivity index (χ1n) is 6.89. The van der Waals surface area contributed by atoms with Gasteiger partial charge >= 0.3 is 0 Å². The van der Waals surface area contributed by atoms with Crippen molar-refractivity contribution >= 4 is 0 Å². The molecule has 0 aromatic heterocycles. The van der Waals surface area contributed by atoms with Crippen molar-refractivity contribution in [3.63, 3.8) is 0 Å². The summed E-state index contributed by atoms with van der Waals surface area (Å²) in [5.41, 5.74) is 1.21. The summed E-state index contributed by atoms with van der Waals surface area (Å²) >= 11 is 0. The first kappa shape index (κ1) is 13.4. The van der Waals surface area contributed by atoms with E-state index >= 15 is 0 Å². The summed E-state index contributed by atoms with van der Waals surface area (Å²) in [4.78, 5) is 0. The molecule has 3 heteroatoms. The van der Waals surface area contributed by atoms with E-state index in [0.29, 0.717) is 12.5 Å². The van der Waals surface area contributed by atoms with Crippen molar-refractivity contribution in [2.24, 2.45) is 5.92 Å². The fraction of sp³-hybridized carbons (Fsp3) is 0.600. The normalized spacial score (nSPS) is 23.2. The first-order valence-corrected chi connectivity index (χ1v) is 6.89. The molecule has 2 rings (SSSR count). The Kier molecular flexibility index (Phi) is 5.02. The van der Waals surface area contributed by atoms with Gasteiger partial charge in [0.15, 0.2) is 0 Å². The molecule has 3 nitrogen and oxygen atoms in total. The number of aliphatic hydroxyl groups excluding tert-OH is 1. The molecule has 18 heavy (non-hydrogen) atoms. The van der Waals surface area contributed by atoms with Crippen LogP contribution in [0, 0.1) is 5.92 Å². The Morgan fingerprint density at radius 3 is 2.89 bits per heavy atom. The van der Waals surface area contributed by atoms with E-state index in [-0.39, 0.29) is 6.10 Å². The summed E-state index contributed by atoms with van der Waals surface area (Å²) in [7, 11) is 0. The standard InChI is InChI=1S/C15H23NO2/c1-2-18-15-6-4-3-5-13(15)11-16-10-12-7-8-14(17)9-12/h3-6,12,14,16-17H,2,7-11H2,1H3. The molecule has 100 valence electrons. The predicted molar refractivity (Wildman–Crippen MR) is 72.7 cm³/mol. The Morgan fingerprint density at radius 2 is 2.17 bits per heavy atom. The zero-order chi connectivity index (χ0) is 12.8. The number of rotatable bonds is 6. The number of hydrogen-bond acceptors (Lipinski definition) is 3. The number of nitrogens with one attached hydrogen (secondary N) is 1. The Bertz CT molecular complexity index is 367. The van der Waals surface area contributed by atoms with Crippen molar-refractivity contribution in [1.82, 2.24) is 5.32 Å². The Hall–Kier alpha value is -1.06. The maximum Gasteiger partial charge on any atom is 0.123 e. The third kappa shape index (κ3) is 3.72. The molecule has 0 aliphatic heterocycles. The fourth-order valence-electron chi connectivity index (χ4n) is 2.59. The highest BCUT2D eigenvalue weighted by Crippen LogP contribution is 2.25. The number of hydrogen-bond donors (Lipinski definition) is 2. The lowest BCUT2D eigenvalue weighted by Gasteiger charge is -2.13. The van der Waals surface area contributed by atoms with Crippen molar-refractivity contribution in [3.05, 3.63) is 29.8 Å². The molecular formula is C15H23NO2. The van der Waals surface area contributed by atoms with Crippen LogP contribution in [0.3, 0.4) is 0 Å². The lowest BCUT2D eigenvalue weighted by molar-refractivity contribution is 0.177. The molecule has 0 radical (unpaired) electrons. The molecular weight excluding hydrogens is 226 g/mol. The molecule has 0 heterocycles. The van der Waals surface area contributed by atoms with E-state index in [1.807, 2.05) is 25.1 Å². The van der Waals surface area contributed by atoms with Crippen LogP contribution in [0.1, 0.15) is 31.7 Å². The Labute approximate surface area is 109 Å². The van der Waals surface area contributed by atoms with Crippen molar-refractivity contribution in [2.75, 3.05) is 13.2 Å². The van der Waals surface area contributed by atoms with Gasteiger partial charge < -0.3 is 15.2 Å². The first-order chi connectivity index (χ1) is 8.79. The maximum atomic E-state index is 9.48. The monoisotopic (exact) mass is 249 g/mol. The minimum atomic E-state index is -0.0764. The fourth-order valence-corrected chi connectivity index (χ4v) is 2.59. The number of benzene rings is 1. The summed E-state index contributed by atoms with van der Waals surface area (Å²) in [6.07, 6.45) is 2.97. The molecule has 0 amide bonds. The van der Waals surface area contributed by atoms with Gasteiger partial charge in [-0.05, 0) is 44.7 Å². The molecule has 1 aliphatic carbocycles. The van der Waals surface area contributed by atoms with E-state index in [4.69, 9.17) is 4.74 Å². The van der Waals surface area contributed by atoms with E-state index in [1.54, 1.807) is 0 Å². The van der Waals surface area contributed by atoms with Crippen LogP contribution >= 0.6 is 0 Å². The van der Waals surface area contributed by atoms with Crippen LogP contribution in [0.15, 0.2) is 24.3 Å². The molecule has 2 N–H and O–H groups in total. The van der Waals surface area contributed by atoms with Crippen molar-refractivity contribution in [1.29, 1.82) is 0 Å². The zero-order valence-electron chi connectivity index (χ0n) is 11.1. The highest BCUT2D eigenvalue weighted by molar-refractivity contribution is 5.33. The topological polar surface area (TPSA) is 41.5 Å². The molecule has 1 aromatic carbocycles. The van der Waals surface area contributed by atoms with E-state index < -0.39 is 0 Å². The van der Waals surface area contributed by atoms with Crippen LogP contribution in [0.25, 0.3) is 0 Å². The molecule has 2 atom stereocenters. The van der Waals surface area contributed by atoms with Gasteiger partial charge in [-0.3, -0.25) is 0 Å². The third-order valence-corrected chi connectivity index (χ3v) is 3.53. The van der Waals surface area contributed by atoms with E-state index in [1.165, 1.54) is 5.56 Å². The zero-order valence-corrected chi connectivity index (χ0v) is 11.1. The van der Waals surface area contributed by atoms with Gasteiger partial charge in [-0.15, -0.1) is 0 Å². The van der Waals surface area contributed by atoms with Gasteiger partial charge in [-0.25, -0.2) is 0 Å². The van der Waals surface area contributed by atoms with Crippen LogP contribution in [-0.4, -0.2) is 24.4 Å². The predicted octanol–water partition coefficient (Wildman–Crippen LogP) is 2.34. The van der Waals surface area contributed by atoms with Gasteiger partial charge in [-0.2, -0.15) is 0 Å². The number of para-hydroxylation sites is 1. The van der Waals surface area contributed by atoms with E-state index in [0.717, 1.165) is 38.1 Å². The summed E-state index contributed by atoms with van der Waals surface area (Å²) in [6.45, 7) is 4.52. The van der Waals surface area contributed by atoms with Crippen LogP contribution in [0.5, 0.6) is 5.75 Å². The summed E-state index contributed by atoms with van der Waals surface area (Å²) in [6, 6.07) is 8.15. The average Bonchev–Trinajstić information content (AvgIpc) is 2.78. The second-order valence-electron chi connectivity index (χ2n) is 5.00. The quantitative estimate of drug-likeness (QED) is 0.813. The van der Waals surface area contributed by atoms with Crippen molar-refractivity contribution < 1.29 is 9.84 Å².